The molecule has 8 heteroatoms. The molecule has 0 fully saturated rings. The largest absolute Gasteiger partial charge is 0.352 e. The number of rotatable bonds is 11. The van der Waals surface area contributed by atoms with E-state index in [0.29, 0.717) is 18.7 Å². The molecule has 0 saturated carbocycles. The van der Waals surface area contributed by atoms with E-state index in [4.69, 9.17) is 0 Å². The SMILES string of the molecule is CC[C@@H](C)NC(=O)[C@H](C)N(CCc1ccccc1)C(=O)CN(c1ccc(C)cc1)S(C)(=O)=O. The van der Waals surface area contributed by atoms with Gasteiger partial charge in [-0.1, -0.05) is 55.0 Å². The fourth-order valence-corrected chi connectivity index (χ4v) is 4.21. The van der Waals surface area contributed by atoms with Crippen molar-refractivity contribution in [2.24, 2.45) is 0 Å². The zero-order valence-corrected chi connectivity index (χ0v) is 20.9. The first-order chi connectivity index (χ1) is 15.5. The number of sulfonamides is 1. The number of hydrogen-bond acceptors (Lipinski definition) is 4. The molecule has 2 amide bonds. The Bertz CT molecular complexity index is 1020. The quantitative estimate of drug-likeness (QED) is 0.543. The highest BCUT2D eigenvalue weighted by Crippen LogP contribution is 2.19. The molecular formula is C25H35N3O4S. The van der Waals surface area contributed by atoms with Crippen molar-refractivity contribution in [3.63, 3.8) is 0 Å². The predicted octanol–water partition coefficient (Wildman–Crippen LogP) is 3.14. The van der Waals surface area contributed by atoms with Crippen LogP contribution in [0.1, 0.15) is 38.3 Å². The highest BCUT2D eigenvalue weighted by molar-refractivity contribution is 7.92. The lowest BCUT2D eigenvalue weighted by Gasteiger charge is -2.32. The molecule has 2 aromatic rings. The summed E-state index contributed by atoms with van der Waals surface area (Å²) in [4.78, 5) is 27.7. The first-order valence-electron chi connectivity index (χ1n) is 11.2. The molecule has 7 nitrogen and oxygen atoms in total. The average Bonchev–Trinajstić information content (AvgIpc) is 2.78. The van der Waals surface area contributed by atoms with Crippen molar-refractivity contribution in [1.29, 1.82) is 0 Å². The van der Waals surface area contributed by atoms with E-state index in [2.05, 4.69) is 5.32 Å². The average molecular weight is 474 g/mol. The molecule has 180 valence electrons. The Morgan fingerprint density at radius 3 is 2.15 bits per heavy atom. The van der Waals surface area contributed by atoms with Crippen molar-refractivity contribution in [2.45, 2.75) is 52.6 Å². The number of nitrogens with zero attached hydrogens (tertiary/aromatic N) is 2. The molecule has 2 aromatic carbocycles. The van der Waals surface area contributed by atoms with Crippen LogP contribution in [-0.4, -0.2) is 56.6 Å². The standard InChI is InChI=1S/C25H35N3O4S/c1-6-20(3)26-25(30)21(4)27(17-16-22-10-8-7-9-11-22)24(29)18-28(33(5,31)32)23-14-12-19(2)13-15-23/h7-15,20-21H,6,16-18H2,1-5H3,(H,26,30)/t20-,21+/m1/s1. The summed E-state index contributed by atoms with van der Waals surface area (Å²) in [7, 11) is -3.71. The summed E-state index contributed by atoms with van der Waals surface area (Å²) in [5, 5.41) is 2.92. The highest BCUT2D eigenvalue weighted by atomic mass is 32.2. The van der Waals surface area contributed by atoms with Crippen LogP contribution in [0.2, 0.25) is 0 Å². The van der Waals surface area contributed by atoms with Crippen LogP contribution < -0.4 is 9.62 Å². The van der Waals surface area contributed by atoms with Crippen LogP contribution in [0.3, 0.4) is 0 Å². The van der Waals surface area contributed by atoms with Gasteiger partial charge in [0.15, 0.2) is 0 Å². The van der Waals surface area contributed by atoms with Crippen LogP contribution in [0, 0.1) is 6.92 Å². The molecule has 0 unspecified atom stereocenters. The van der Waals surface area contributed by atoms with Crippen molar-refractivity contribution >= 4 is 27.5 Å². The Labute approximate surface area is 197 Å². The van der Waals surface area contributed by atoms with Gasteiger partial charge in [0.1, 0.15) is 12.6 Å². The van der Waals surface area contributed by atoms with Crippen molar-refractivity contribution in [3.05, 3.63) is 65.7 Å². The molecule has 0 aliphatic carbocycles. The fourth-order valence-electron chi connectivity index (χ4n) is 3.36. The van der Waals surface area contributed by atoms with E-state index < -0.39 is 22.0 Å². The Kier molecular flexibility index (Phi) is 9.46. The molecule has 0 bridgehead atoms. The number of anilines is 1. The number of nitrogens with one attached hydrogen (secondary N) is 1. The molecule has 2 rings (SSSR count). The normalized spacial score (nSPS) is 13.1. The molecule has 33 heavy (non-hydrogen) atoms. The molecule has 2 atom stereocenters. The van der Waals surface area contributed by atoms with Crippen molar-refractivity contribution in [1.82, 2.24) is 10.2 Å². The van der Waals surface area contributed by atoms with Gasteiger partial charge in [0.25, 0.3) is 0 Å². The van der Waals surface area contributed by atoms with Gasteiger partial charge in [-0.15, -0.1) is 0 Å². The summed E-state index contributed by atoms with van der Waals surface area (Å²) >= 11 is 0. The maximum absolute atomic E-state index is 13.4. The topological polar surface area (TPSA) is 86.8 Å². The summed E-state index contributed by atoms with van der Waals surface area (Å²) in [6.45, 7) is 7.38. The Morgan fingerprint density at radius 2 is 1.61 bits per heavy atom. The molecule has 1 N–H and O–H groups in total. The summed E-state index contributed by atoms with van der Waals surface area (Å²) in [6.07, 6.45) is 2.40. The maximum atomic E-state index is 13.4. The summed E-state index contributed by atoms with van der Waals surface area (Å²) in [5.74, 6) is -0.685. The highest BCUT2D eigenvalue weighted by Gasteiger charge is 2.30. The van der Waals surface area contributed by atoms with Crippen LogP contribution in [0.25, 0.3) is 0 Å². The molecule has 0 aliphatic heterocycles. The third-order valence-electron chi connectivity index (χ3n) is 5.65. The zero-order valence-electron chi connectivity index (χ0n) is 20.1. The molecular weight excluding hydrogens is 438 g/mol. The van der Waals surface area contributed by atoms with E-state index in [1.807, 2.05) is 51.1 Å². The lowest BCUT2D eigenvalue weighted by Crippen LogP contribution is -2.53. The second kappa shape index (κ2) is 11.8. The van der Waals surface area contributed by atoms with E-state index in [-0.39, 0.29) is 18.5 Å². The van der Waals surface area contributed by atoms with Gasteiger partial charge in [-0.3, -0.25) is 13.9 Å². The fraction of sp³-hybridized carbons (Fsp3) is 0.440. The lowest BCUT2D eigenvalue weighted by atomic mass is 10.1. The van der Waals surface area contributed by atoms with E-state index in [9.17, 15) is 18.0 Å². The van der Waals surface area contributed by atoms with Crippen LogP contribution in [-0.2, 0) is 26.0 Å². The van der Waals surface area contributed by atoms with Crippen LogP contribution >= 0.6 is 0 Å². The number of hydrogen-bond donors (Lipinski definition) is 1. The second-order valence-corrected chi connectivity index (χ2v) is 10.3. The third-order valence-corrected chi connectivity index (χ3v) is 6.79. The van der Waals surface area contributed by atoms with Crippen molar-refractivity contribution < 1.29 is 18.0 Å². The second-order valence-electron chi connectivity index (χ2n) is 8.42. The minimum atomic E-state index is -3.71. The third kappa shape index (κ3) is 7.89. The van der Waals surface area contributed by atoms with Gasteiger partial charge >= 0.3 is 0 Å². The number of carbonyl (C=O) groups excluding carboxylic acids is 2. The minimum absolute atomic E-state index is 0.0221. The summed E-state index contributed by atoms with van der Waals surface area (Å²) in [6, 6.07) is 15.9. The minimum Gasteiger partial charge on any atom is -0.352 e. The predicted molar refractivity (Wildman–Crippen MR) is 133 cm³/mol. The molecule has 0 aliphatic rings. The van der Waals surface area contributed by atoms with Gasteiger partial charge in [-0.05, 0) is 51.3 Å². The lowest BCUT2D eigenvalue weighted by molar-refractivity contribution is -0.139. The number of carbonyl (C=O) groups is 2. The summed E-state index contributed by atoms with van der Waals surface area (Å²) in [5.41, 5.74) is 2.43. The van der Waals surface area contributed by atoms with Crippen LogP contribution in [0.5, 0.6) is 0 Å². The van der Waals surface area contributed by atoms with E-state index >= 15 is 0 Å². The number of amides is 2. The molecule has 0 radical (unpaired) electrons. The first kappa shape index (κ1) is 26.4. The van der Waals surface area contributed by atoms with Crippen LogP contribution in [0.15, 0.2) is 54.6 Å². The monoisotopic (exact) mass is 473 g/mol. The number of benzene rings is 2. The van der Waals surface area contributed by atoms with Gasteiger partial charge in [0, 0.05) is 12.6 Å². The smallest absolute Gasteiger partial charge is 0.244 e. The van der Waals surface area contributed by atoms with Crippen LogP contribution in [0.4, 0.5) is 5.69 Å². The zero-order chi connectivity index (χ0) is 24.6. The molecule has 0 saturated heterocycles. The van der Waals surface area contributed by atoms with Crippen molar-refractivity contribution in [3.8, 4) is 0 Å². The van der Waals surface area contributed by atoms with Gasteiger partial charge in [-0.25, -0.2) is 8.42 Å². The molecule has 0 heterocycles. The Balaban J connectivity index is 2.29. The van der Waals surface area contributed by atoms with Gasteiger partial charge < -0.3 is 10.2 Å². The molecule has 0 spiro atoms. The first-order valence-corrected chi connectivity index (χ1v) is 13.1. The Hall–Kier alpha value is -2.87. The molecule has 0 aromatic heterocycles. The Morgan fingerprint density at radius 1 is 1.00 bits per heavy atom. The van der Waals surface area contributed by atoms with Gasteiger partial charge in [-0.2, -0.15) is 0 Å². The summed E-state index contributed by atoms with van der Waals surface area (Å²) < 4.78 is 26.1. The maximum Gasteiger partial charge on any atom is 0.244 e. The van der Waals surface area contributed by atoms with Gasteiger partial charge in [0.05, 0.1) is 11.9 Å². The van der Waals surface area contributed by atoms with Gasteiger partial charge in [0.2, 0.25) is 21.8 Å². The van der Waals surface area contributed by atoms with E-state index in [0.717, 1.165) is 28.1 Å². The number of aryl methyl sites for hydroxylation is 1. The van der Waals surface area contributed by atoms with E-state index in [1.165, 1.54) is 4.90 Å². The van der Waals surface area contributed by atoms with Crippen molar-refractivity contribution in [2.75, 3.05) is 23.7 Å². The van der Waals surface area contributed by atoms with E-state index in [1.54, 1.807) is 31.2 Å².